The molecule has 0 aromatic heterocycles. The zero-order valence-electron chi connectivity index (χ0n) is 13.6. The Hall–Kier alpha value is -0.0400. The zero-order chi connectivity index (χ0) is 14.2. The number of rotatable bonds is 15. The van der Waals surface area contributed by atoms with Crippen molar-refractivity contribution in [3.63, 3.8) is 0 Å². The third kappa shape index (κ3) is 14.2. The van der Waals surface area contributed by atoms with Crippen LogP contribution in [0, 0.1) is 5.92 Å². The molecule has 0 aliphatic rings. The first-order chi connectivity index (χ1) is 9.35. The van der Waals surface area contributed by atoms with E-state index >= 15 is 0 Å². The van der Waals surface area contributed by atoms with E-state index in [2.05, 4.69) is 13.8 Å². The molecule has 0 bridgehead atoms. The fourth-order valence-corrected chi connectivity index (χ4v) is 2.95. The lowest BCUT2D eigenvalue weighted by atomic mass is 9.91. The van der Waals surface area contributed by atoms with E-state index in [0.29, 0.717) is 6.61 Å². The monoisotopic (exact) mass is 270 g/mol. The summed E-state index contributed by atoms with van der Waals surface area (Å²) in [6, 6.07) is 0. The predicted molar refractivity (Wildman–Crippen MR) is 86.6 cm³/mol. The van der Waals surface area contributed by atoms with E-state index in [1.807, 2.05) is 0 Å². The van der Waals surface area contributed by atoms with Gasteiger partial charge >= 0.3 is 0 Å². The van der Waals surface area contributed by atoms with Gasteiger partial charge in [0.15, 0.2) is 0 Å². The standard InChI is InChI=1S/C18H38O/c1-3-5-6-7-8-9-10-11-15-18(14-4-2)16-12-13-17-19/h18-19H,3-17H2,1-2H3. The molecule has 1 nitrogen and oxygen atoms in total. The normalized spacial score (nSPS) is 12.8. The van der Waals surface area contributed by atoms with E-state index in [1.54, 1.807) is 0 Å². The second kappa shape index (κ2) is 16.0. The molecular formula is C18H38O. The van der Waals surface area contributed by atoms with Crippen LogP contribution in [0.1, 0.15) is 104 Å². The van der Waals surface area contributed by atoms with Gasteiger partial charge in [-0.25, -0.2) is 0 Å². The van der Waals surface area contributed by atoms with E-state index in [1.165, 1.54) is 83.5 Å². The molecule has 0 aliphatic heterocycles. The van der Waals surface area contributed by atoms with Crippen LogP contribution < -0.4 is 0 Å². The fourth-order valence-electron chi connectivity index (χ4n) is 2.95. The van der Waals surface area contributed by atoms with Crippen LogP contribution in [0.15, 0.2) is 0 Å². The van der Waals surface area contributed by atoms with E-state index in [4.69, 9.17) is 5.11 Å². The molecule has 1 atom stereocenters. The van der Waals surface area contributed by atoms with Crippen LogP contribution in [0.4, 0.5) is 0 Å². The molecule has 0 heterocycles. The molecular weight excluding hydrogens is 232 g/mol. The van der Waals surface area contributed by atoms with Gasteiger partial charge in [0.25, 0.3) is 0 Å². The number of hydrogen-bond acceptors (Lipinski definition) is 1. The Morgan fingerprint density at radius 1 is 0.579 bits per heavy atom. The summed E-state index contributed by atoms with van der Waals surface area (Å²) in [7, 11) is 0. The highest BCUT2D eigenvalue weighted by Gasteiger charge is 2.07. The molecule has 0 radical (unpaired) electrons. The average Bonchev–Trinajstić information content (AvgIpc) is 2.42. The topological polar surface area (TPSA) is 20.2 Å². The van der Waals surface area contributed by atoms with E-state index in [9.17, 15) is 0 Å². The van der Waals surface area contributed by atoms with Crippen molar-refractivity contribution in [2.75, 3.05) is 6.61 Å². The second-order valence-corrected chi connectivity index (χ2v) is 6.14. The van der Waals surface area contributed by atoms with Crippen molar-refractivity contribution >= 4 is 0 Å². The predicted octanol–water partition coefficient (Wildman–Crippen LogP) is 6.10. The molecule has 1 N–H and O–H groups in total. The van der Waals surface area contributed by atoms with Gasteiger partial charge in [-0.2, -0.15) is 0 Å². The summed E-state index contributed by atoms with van der Waals surface area (Å²) < 4.78 is 0. The number of hydrogen-bond donors (Lipinski definition) is 1. The molecule has 0 rings (SSSR count). The molecule has 0 amide bonds. The Balaban J connectivity index is 3.36. The Labute approximate surface area is 122 Å². The summed E-state index contributed by atoms with van der Waals surface area (Å²) in [6.07, 6.45) is 19.1. The molecule has 0 spiro atoms. The van der Waals surface area contributed by atoms with Gasteiger partial charge in [-0.3, -0.25) is 0 Å². The number of aliphatic hydroxyl groups excluding tert-OH is 1. The third-order valence-electron chi connectivity index (χ3n) is 4.18. The summed E-state index contributed by atoms with van der Waals surface area (Å²) >= 11 is 0. The van der Waals surface area contributed by atoms with Crippen molar-refractivity contribution in [1.82, 2.24) is 0 Å². The van der Waals surface area contributed by atoms with Crippen LogP contribution in [0.3, 0.4) is 0 Å². The molecule has 0 aliphatic carbocycles. The summed E-state index contributed by atoms with van der Waals surface area (Å²) in [4.78, 5) is 0. The molecule has 0 aromatic carbocycles. The Bertz CT molecular complexity index is 156. The van der Waals surface area contributed by atoms with Crippen LogP contribution in [-0.2, 0) is 0 Å². The lowest BCUT2D eigenvalue weighted by Gasteiger charge is -2.15. The molecule has 1 unspecified atom stereocenters. The summed E-state index contributed by atoms with van der Waals surface area (Å²) in [5, 5.41) is 8.84. The highest BCUT2D eigenvalue weighted by Crippen LogP contribution is 2.22. The summed E-state index contributed by atoms with van der Waals surface area (Å²) in [6.45, 7) is 4.95. The summed E-state index contributed by atoms with van der Waals surface area (Å²) in [5.41, 5.74) is 0. The van der Waals surface area contributed by atoms with Gasteiger partial charge in [0.1, 0.15) is 0 Å². The highest BCUT2D eigenvalue weighted by atomic mass is 16.2. The van der Waals surface area contributed by atoms with Crippen molar-refractivity contribution in [2.45, 2.75) is 104 Å². The van der Waals surface area contributed by atoms with Crippen molar-refractivity contribution in [2.24, 2.45) is 5.92 Å². The SMILES string of the molecule is CCCCCCCCCCC(CCC)CCCCO. The van der Waals surface area contributed by atoms with Crippen LogP contribution in [0.25, 0.3) is 0 Å². The van der Waals surface area contributed by atoms with Crippen LogP contribution in [0.2, 0.25) is 0 Å². The fraction of sp³-hybridized carbons (Fsp3) is 1.00. The van der Waals surface area contributed by atoms with Gasteiger partial charge < -0.3 is 5.11 Å². The largest absolute Gasteiger partial charge is 0.396 e. The van der Waals surface area contributed by atoms with E-state index < -0.39 is 0 Å². The molecule has 19 heavy (non-hydrogen) atoms. The Morgan fingerprint density at radius 3 is 1.63 bits per heavy atom. The lowest BCUT2D eigenvalue weighted by molar-refractivity contribution is 0.273. The van der Waals surface area contributed by atoms with Crippen molar-refractivity contribution in [3.05, 3.63) is 0 Å². The zero-order valence-corrected chi connectivity index (χ0v) is 13.6. The van der Waals surface area contributed by atoms with Gasteiger partial charge in [-0.05, 0) is 12.3 Å². The third-order valence-corrected chi connectivity index (χ3v) is 4.18. The van der Waals surface area contributed by atoms with E-state index in [-0.39, 0.29) is 0 Å². The maximum Gasteiger partial charge on any atom is 0.0431 e. The average molecular weight is 271 g/mol. The Kier molecular flexibility index (Phi) is 16.0. The molecule has 116 valence electrons. The van der Waals surface area contributed by atoms with Gasteiger partial charge in [0.05, 0.1) is 0 Å². The minimum absolute atomic E-state index is 0.372. The van der Waals surface area contributed by atoms with Crippen molar-refractivity contribution < 1.29 is 5.11 Å². The minimum atomic E-state index is 0.372. The molecule has 0 saturated heterocycles. The van der Waals surface area contributed by atoms with Gasteiger partial charge in [0, 0.05) is 6.61 Å². The van der Waals surface area contributed by atoms with Gasteiger partial charge in [-0.15, -0.1) is 0 Å². The van der Waals surface area contributed by atoms with Gasteiger partial charge in [0.2, 0.25) is 0 Å². The van der Waals surface area contributed by atoms with Crippen LogP contribution in [0.5, 0.6) is 0 Å². The van der Waals surface area contributed by atoms with Crippen molar-refractivity contribution in [1.29, 1.82) is 0 Å². The lowest BCUT2D eigenvalue weighted by Crippen LogP contribution is -2.01. The highest BCUT2D eigenvalue weighted by molar-refractivity contribution is 4.60. The summed E-state index contributed by atoms with van der Waals surface area (Å²) in [5.74, 6) is 0.927. The molecule has 0 aromatic rings. The maximum atomic E-state index is 8.84. The number of unbranched alkanes of at least 4 members (excludes halogenated alkanes) is 8. The molecule has 1 heteroatoms. The quantitative estimate of drug-likeness (QED) is 0.357. The van der Waals surface area contributed by atoms with Crippen LogP contribution in [-0.4, -0.2) is 11.7 Å². The molecule has 0 saturated carbocycles. The maximum absolute atomic E-state index is 8.84. The first-order valence-corrected chi connectivity index (χ1v) is 8.96. The first-order valence-electron chi connectivity index (χ1n) is 8.96. The smallest absolute Gasteiger partial charge is 0.0431 e. The van der Waals surface area contributed by atoms with Crippen molar-refractivity contribution in [3.8, 4) is 0 Å². The van der Waals surface area contributed by atoms with Crippen LogP contribution >= 0.6 is 0 Å². The minimum Gasteiger partial charge on any atom is -0.396 e. The Morgan fingerprint density at radius 2 is 1.11 bits per heavy atom. The number of aliphatic hydroxyl groups is 1. The first kappa shape index (κ1) is 19.0. The molecule has 0 fully saturated rings. The second-order valence-electron chi connectivity index (χ2n) is 6.14. The van der Waals surface area contributed by atoms with E-state index in [0.717, 1.165) is 12.3 Å². The van der Waals surface area contributed by atoms with Gasteiger partial charge in [-0.1, -0.05) is 97.3 Å².